The minimum atomic E-state index is -0.842. The summed E-state index contributed by atoms with van der Waals surface area (Å²) in [6, 6.07) is 0. The molecule has 4 aliphatic rings. The molecule has 6 unspecified atom stereocenters. The molecule has 0 radical (unpaired) electrons. The fraction of sp³-hybridized carbons (Fsp3) is 0.875. The molecule has 1 N–H and O–H groups in total. The van der Waals surface area contributed by atoms with Gasteiger partial charge in [-0.25, -0.2) is 9.78 Å². The van der Waals surface area contributed by atoms with Crippen LogP contribution in [0.15, 0.2) is 11.6 Å². The number of ether oxygens (including phenoxy) is 1. The highest BCUT2D eigenvalue weighted by molar-refractivity contribution is 5.70. The third-order valence-corrected chi connectivity index (χ3v) is 9.33. The Kier molecular flexibility index (Phi) is 5.20. The van der Waals surface area contributed by atoms with E-state index >= 15 is 0 Å². The topological polar surface area (TPSA) is 65.0 Å². The number of carboxylic acids is 1. The molecule has 2 saturated heterocycles. The molecule has 9 atom stereocenters. The summed E-state index contributed by atoms with van der Waals surface area (Å²) >= 11 is 0. The van der Waals surface area contributed by atoms with E-state index in [0.717, 1.165) is 12.8 Å². The summed E-state index contributed by atoms with van der Waals surface area (Å²) in [5.74, 6) is 0.317. The molecule has 164 valence electrons. The second-order valence-corrected chi connectivity index (χ2v) is 11.0. The normalized spacial score (nSPS) is 51.0. The highest BCUT2D eigenvalue weighted by atomic mass is 17.2. The number of hydrogen-bond donors (Lipinski definition) is 1. The van der Waals surface area contributed by atoms with Crippen LogP contribution >= 0.6 is 0 Å². The molecule has 3 fully saturated rings. The second kappa shape index (κ2) is 7.06. The Hall–Kier alpha value is -0.910. The fourth-order valence-electron chi connectivity index (χ4n) is 6.75. The van der Waals surface area contributed by atoms with Crippen LogP contribution in [0, 0.1) is 29.1 Å². The van der Waals surface area contributed by atoms with Gasteiger partial charge in [-0.3, -0.25) is 4.79 Å². The van der Waals surface area contributed by atoms with Gasteiger partial charge in [0.15, 0.2) is 0 Å². The van der Waals surface area contributed by atoms with Crippen LogP contribution in [0.1, 0.15) is 80.1 Å². The molecule has 0 aromatic rings. The van der Waals surface area contributed by atoms with Crippen LogP contribution in [-0.4, -0.2) is 34.5 Å². The molecular weight excluding hydrogens is 368 g/mol. The van der Waals surface area contributed by atoms with Crippen LogP contribution in [0.3, 0.4) is 0 Å². The van der Waals surface area contributed by atoms with Crippen molar-refractivity contribution in [3.8, 4) is 0 Å². The van der Waals surface area contributed by atoms with Crippen molar-refractivity contribution in [3.63, 3.8) is 0 Å². The van der Waals surface area contributed by atoms with Crippen LogP contribution < -0.4 is 0 Å². The maximum atomic E-state index is 11.3. The van der Waals surface area contributed by atoms with Crippen molar-refractivity contribution < 1.29 is 24.4 Å². The minimum Gasteiger partial charge on any atom is -0.481 e. The lowest BCUT2D eigenvalue weighted by atomic mass is 9.50. The smallest absolute Gasteiger partial charge is 0.308 e. The summed E-state index contributed by atoms with van der Waals surface area (Å²) in [4.78, 5) is 22.8. The Morgan fingerprint density at radius 2 is 2.00 bits per heavy atom. The van der Waals surface area contributed by atoms with Crippen LogP contribution in [0.2, 0.25) is 0 Å². The van der Waals surface area contributed by atoms with Gasteiger partial charge in [0.2, 0.25) is 0 Å². The van der Waals surface area contributed by atoms with E-state index in [1.807, 2.05) is 0 Å². The predicted octanol–water partition coefficient (Wildman–Crippen LogP) is 5.14. The van der Waals surface area contributed by atoms with Gasteiger partial charge in [0, 0.05) is 5.41 Å². The summed E-state index contributed by atoms with van der Waals surface area (Å²) in [7, 11) is 0. The number of aliphatic carboxylic acids is 1. The van der Waals surface area contributed by atoms with E-state index in [0.29, 0.717) is 24.2 Å². The Morgan fingerprint density at radius 1 is 1.28 bits per heavy atom. The Morgan fingerprint density at radius 3 is 2.62 bits per heavy atom. The number of carboxylic acid groups (broad SMARTS) is 1. The summed E-state index contributed by atoms with van der Waals surface area (Å²) in [6.45, 7) is 13.2. The summed E-state index contributed by atoms with van der Waals surface area (Å²) < 4.78 is 6.97. The van der Waals surface area contributed by atoms with Gasteiger partial charge in [0.25, 0.3) is 0 Å². The highest BCUT2D eigenvalue weighted by Gasteiger charge is 2.66. The SMILES string of the molecule is CC1=CC2CC(C)C3(C)CC([C@@]4(C)CC[C@H]([C@H](C)C(=O)O)OO4)OC3(C)C2CC1. The molecule has 29 heavy (non-hydrogen) atoms. The average Bonchev–Trinajstić information content (AvgIpc) is 2.96. The first-order valence-corrected chi connectivity index (χ1v) is 11.4. The molecule has 5 nitrogen and oxygen atoms in total. The zero-order valence-electron chi connectivity index (χ0n) is 18.9. The molecule has 0 bridgehead atoms. The van der Waals surface area contributed by atoms with Gasteiger partial charge in [-0.15, -0.1) is 0 Å². The number of fused-ring (bicyclic) bond motifs is 3. The molecule has 0 aromatic carbocycles. The number of allylic oxidation sites excluding steroid dienone is 2. The van der Waals surface area contributed by atoms with Crippen LogP contribution in [0.5, 0.6) is 0 Å². The first-order chi connectivity index (χ1) is 13.5. The largest absolute Gasteiger partial charge is 0.481 e. The van der Waals surface area contributed by atoms with Crippen LogP contribution in [-0.2, 0) is 19.3 Å². The van der Waals surface area contributed by atoms with Gasteiger partial charge in [-0.2, -0.15) is 0 Å². The molecule has 4 rings (SSSR count). The first kappa shape index (κ1) is 21.3. The van der Waals surface area contributed by atoms with Crippen molar-refractivity contribution in [3.05, 3.63) is 11.6 Å². The van der Waals surface area contributed by atoms with Gasteiger partial charge < -0.3 is 9.84 Å². The third-order valence-electron chi connectivity index (χ3n) is 9.33. The van der Waals surface area contributed by atoms with E-state index in [9.17, 15) is 9.90 Å². The van der Waals surface area contributed by atoms with Crippen molar-refractivity contribution in [1.29, 1.82) is 0 Å². The van der Waals surface area contributed by atoms with E-state index in [4.69, 9.17) is 14.5 Å². The summed E-state index contributed by atoms with van der Waals surface area (Å²) in [5, 5.41) is 9.28. The fourth-order valence-corrected chi connectivity index (χ4v) is 6.75. The Balaban J connectivity index is 1.54. The second-order valence-electron chi connectivity index (χ2n) is 11.0. The van der Waals surface area contributed by atoms with E-state index in [1.54, 1.807) is 6.92 Å². The zero-order chi connectivity index (χ0) is 21.2. The van der Waals surface area contributed by atoms with Crippen molar-refractivity contribution in [2.75, 3.05) is 0 Å². The first-order valence-electron chi connectivity index (χ1n) is 11.4. The molecule has 2 aliphatic carbocycles. The molecule has 0 aromatic heterocycles. The zero-order valence-corrected chi connectivity index (χ0v) is 18.9. The molecule has 1 saturated carbocycles. The lowest BCUT2D eigenvalue weighted by Gasteiger charge is -2.56. The van der Waals surface area contributed by atoms with E-state index in [2.05, 4.69) is 40.7 Å². The lowest BCUT2D eigenvalue weighted by molar-refractivity contribution is -0.426. The van der Waals surface area contributed by atoms with Gasteiger partial charge in [-0.05, 0) is 84.0 Å². The van der Waals surface area contributed by atoms with E-state index in [-0.39, 0.29) is 17.1 Å². The third kappa shape index (κ3) is 3.19. The number of hydrogen-bond acceptors (Lipinski definition) is 4. The molecule has 0 spiro atoms. The Bertz CT molecular complexity index is 693. The van der Waals surface area contributed by atoms with Gasteiger partial charge in [-0.1, -0.05) is 25.5 Å². The summed E-state index contributed by atoms with van der Waals surface area (Å²) in [6.07, 6.45) is 8.08. The van der Waals surface area contributed by atoms with Crippen LogP contribution in [0.25, 0.3) is 0 Å². The van der Waals surface area contributed by atoms with E-state index < -0.39 is 23.6 Å². The molecule has 5 heteroatoms. The maximum Gasteiger partial charge on any atom is 0.308 e. The van der Waals surface area contributed by atoms with Crippen molar-refractivity contribution >= 4 is 5.97 Å². The van der Waals surface area contributed by atoms with Crippen molar-refractivity contribution in [2.24, 2.45) is 29.1 Å². The molecule has 2 aliphatic heterocycles. The van der Waals surface area contributed by atoms with Crippen molar-refractivity contribution in [2.45, 2.75) is 103 Å². The van der Waals surface area contributed by atoms with E-state index in [1.165, 1.54) is 24.8 Å². The lowest BCUT2D eigenvalue weighted by Crippen LogP contribution is -2.57. The molecule has 2 heterocycles. The quantitative estimate of drug-likeness (QED) is 0.519. The van der Waals surface area contributed by atoms with Crippen molar-refractivity contribution in [1.82, 2.24) is 0 Å². The van der Waals surface area contributed by atoms with Gasteiger partial charge in [0.1, 0.15) is 11.7 Å². The monoisotopic (exact) mass is 406 g/mol. The highest BCUT2D eigenvalue weighted by Crippen LogP contribution is 2.65. The van der Waals surface area contributed by atoms with Gasteiger partial charge >= 0.3 is 5.97 Å². The molecular formula is C24H38O5. The molecule has 0 amide bonds. The number of carbonyl (C=O) groups is 1. The standard InChI is InChI=1S/C24H38O5/c1-14-7-8-18-17(11-14)12-15(2)22(4)13-20(27-24(18,22)6)23(5)10-9-19(28-29-23)16(3)21(25)26/h11,15-20H,7-10,12-13H2,1-6H3,(H,25,26)/t15?,16-,17?,18?,19+,20?,22?,23+,24?/m0/s1. The minimum absolute atomic E-state index is 0.0354. The average molecular weight is 407 g/mol. The van der Waals surface area contributed by atoms with Crippen LogP contribution in [0.4, 0.5) is 0 Å². The Labute approximate surface area is 175 Å². The number of rotatable bonds is 3. The predicted molar refractivity (Wildman–Crippen MR) is 110 cm³/mol. The maximum absolute atomic E-state index is 11.3. The summed E-state index contributed by atoms with van der Waals surface area (Å²) in [5.41, 5.74) is 0.924. The van der Waals surface area contributed by atoms with Gasteiger partial charge in [0.05, 0.1) is 17.6 Å².